The van der Waals surface area contributed by atoms with Crippen molar-refractivity contribution >= 4 is 23.3 Å². The molecule has 0 heterocycles. The first-order valence-corrected chi connectivity index (χ1v) is 5.09. The van der Waals surface area contributed by atoms with Gasteiger partial charge in [0.2, 0.25) is 0 Å². The molecule has 0 fully saturated rings. The van der Waals surface area contributed by atoms with Gasteiger partial charge in [0.15, 0.2) is 6.61 Å². The molecule has 8 heteroatoms. The molecule has 3 N–H and O–H groups in total. The van der Waals surface area contributed by atoms with Crippen LogP contribution in [0.15, 0.2) is 18.2 Å². The summed E-state index contributed by atoms with van der Waals surface area (Å²) in [5, 5.41) is 2.15. The fraction of sp³-hybridized carbons (Fsp3) is 0.273. The SMILES string of the molecule is CC(=O)OCC(=O)Nc1cc(N)cc(C(F)(F)F)c1. The second-order valence-corrected chi connectivity index (χ2v) is 3.67. The van der Waals surface area contributed by atoms with Gasteiger partial charge in [0.25, 0.3) is 5.91 Å². The van der Waals surface area contributed by atoms with Crippen LogP contribution >= 0.6 is 0 Å². The van der Waals surface area contributed by atoms with Gasteiger partial charge in [0, 0.05) is 18.3 Å². The van der Waals surface area contributed by atoms with Crippen LogP contribution in [0.2, 0.25) is 0 Å². The predicted molar refractivity (Wildman–Crippen MR) is 61.1 cm³/mol. The molecule has 19 heavy (non-hydrogen) atoms. The molecule has 0 aliphatic heterocycles. The highest BCUT2D eigenvalue weighted by atomic mass is 19.4. The van der Waals surface area contributed by atoms with Gasteiger partial charge in [0.1, 0.15) is 0 Å². The number of halogens is 3. The summed E-state index contributed by atoms with van der Waals surface area (Å²) in [7, 11) is 0. The number of esters is 1. The van der Waals surface area contributed by atoms with E-state index < -0.39 is 30.2 Å². The molecule has 5 nitrogen and oxygen atoms in total. The van der Waals surface area contributed by atoms with E-state index >= 15 is 0 Å². The Labute approximate surface area is 106 Å². The highest BCUT2D eigenvalue weighted by molar-refractivity contribution is 5.93. The average Bonchev–Trinajstić information content (AvgIpc) is 2.24. The van der Waals surface area contributed by atoms with E-state index in [1.807, 2.05) is 0 Å². The highest BCUT2D eigenvalue weighted by Gasteiger charge is 2.31. The molecule has 1 aromatic carbocycles. The van der Waals surface area contributed by atoms with Crippen LogP contribution in [0.25, 0.3) is 0 Å². The Morgan fingerprint density at radius 3 is 2.47 bits per heavy atom. The normalized spacial score (nSPS) is 10.9. The van der Waals surface area contributed by atoms with E-state index in [4.69, 9.17) is 5.73 Å². The number of ether oxygens (including phenoxy) is 1. The van der Waals surface area contributed by atoms with Gasteiger partial charge in [-0.25, -0.2) is 0 Å². The number of anilines is 2. The smallest absolute Gasteiger partial charge is 0.416 e. The number of benzene rings is 1. The largest absolute Gasteiger partial charge is 0.456 e. The summed E-state index contributed by atoms with van der Waals surface area (Å²) < 4.78 is 41.9. The zero-order chi connectivity index (χ0) is 14.6. The average molecular weight is 276 g/mol. The van der Waals surface area contributed by atoms with Crippen molar-refractivity contribution in [2.45, 2.75) is 13.1 Å². The van der Waals surface area contributed by atoms with Crippen molar-refractivity contribution < 1.29 is 27.5 Å². The zero-order valence-electron chi connectivity index (χ0n) is 9.88. The molecule has 1 rings (SSSR count). The van der Waals surface area contributed by atoms with E-state index in [9.17, 15) is 22.8 Å². The Hall–Kier alpha value is -2.25. The van der Waals surface area contributed by atoms with Crippen LogP contribution < -0.4 is 11.1 Å². The van der Waals surface area contributed by atoms with Crippen LogP contribution in [0.5, 0.6) is 0 Å². The molecule has 0 saturated heterocycles. The third-order valence-corrected chi connectivity index (χ3v) is 1.97. The van der Waals surface area contributed by atoms with Crippen LogP contribution in [0.4, 0.5) is 24.5 Å². The molecule has 0 unspecified atom stereocenters. The number of nitrogen functional groups attached to an aromatic ring is 1. The number of hydrogen-bond donors (Lipinski definition) is 2. The zero-order valence-corrected chi connectivity index (χ0v) is 9.88. The number of amides is 1. The lowest BCUT2D eigenvalue weighted by atomic mass is 10.1. The number of nitrogens with one attached hydrogen (secondary N) is 1. The Morgan fingerprint density at radius 2 is 1.95 bits per heavy atom. The topological polar surface area (TPSA) is 81.4 Å². The van der Waals surface area contributed by atoms with Crippen LogP contribution in [0, 0.1) is 0 Å². The van der Waals surface area contributed by atoms with Crippen molar-refractivity contribution in [2.24, 2.45) is 0 Å². The van der Waals surface area contributed by atoms with Crippen molar-refractivity contribution in [2.75, 3.05) is 17.7 Å². The van der Waals surface area contributed by atoms with E-state index in [-0.39, 0.29) is 11.4 Å². The minimum atomic E-state index is -4.56. The Kier molecular flexibility index (Phi) is 4.36. The van der Waals surface area contributed by atoms with Crippen LogP contribution in [0.1, 0.15) is 12.5 Å². The van der Waals surface area contributed by atoms with Crippen molar-refractivity contribution in [3.05, 3.63) is 23.8 Å². The summed E-state index contributed by atoms with van der Waals surface area (Å²) in [6.07, 6.45) is -4.56. The number of alkyl halides is 3. The van der Waals surface area contributed by atoms with Gasteiger partial charge in [-0.3, -0.25) is 9.59 Å². The molecule has 104 valence electrons. The minimum absolute atomic E-state index is 0.121. The molecule has 1 amide bonds. The van der Waals surface area contributed by atoms with Gasteiger partial charge in [-0.1, -0.05) is 0 Å². The molecule has 0 aromatic heterocycles. The highest BCUT2D eigenvalue weighted by Crippen LogP contribution is 2.32. The molecular formula is C11H11F3N2O3. The molecule has 0 saturated carbocycles. The first-order valence-electron chi connectivity index (χ1n) is 5.09. The van der Waals surface area contributed by atoms with E-state index in [1.165, 1.54) is 6.07 Å². The minimum Gasteiger partial charge on any atom is -0.456 e. The number of carbonyl (C=O) groups excluding carboxylic acids is 2. The van der Waals surface area contributed by atoms with Gasteiger partial charge in [-0.15, -0.1) is 0 Å². The second kappa shape index (κ2) is 5.59. The fourth-order valence-corrected chi connectivity index (χ4v) is 1.25. The molecular weight excluding hydrogens is 265 g/mol. The molecule has 0 spiro atoms. The summed E-state index contributed by atoms with van der Waals surface area (Å²) in [5.41, 5.74) is 4.08. The first kappa shape index (κ1) is 14.8. The fourth-order valence-electron chi connectivity index (χ4n) is 1.25. The molecule has 1 aromatic rings. The van der Waals surface area contributed by atoms with Gasteiger partial charge in [0.05, 0.1) is 5.56 Å². The number of hydrogen-bond acceptors (Lipinski definition) is 4. The van der Waals surface area contributed by atoms with E-state index in [0.717, 1.165) is 19.1 Å². The maximum Gasteiger partial charge on any atom is 0.416 e. The maximum absolute atomic E-state index is 12.5. The predicted octanol–water partition coefficient (Wildman–Crippen LogP) is 1.79. The lowest BCUT2D eigenvalue weighted by Gasteiger charge is -2.11. The Balaban J connectivity index is 2.81. The van der Waals surface area contributed by atoms with Gasteiger partial charge >= 0.3 is 12.1 Å². The van der Waals surface area contributed by atoms with Gasteiger partial charge in [-0.05, 0) is 18.2 Å². The summed E-state index contributed by atoms with van der Waals surface area (Å²) in [5.74, 6) is -1.42. The van der Waals surface area contributed by atoms with Crippen LogP contribution in [0.3, 0.4) is 0 Å². The van der Waals surface area contributed by atoms with Crippen molar-refractivity contribution in [1.29, 1.82) is 0 Å². The summed E-state index contributed by atoms with van der Waals surface area (Å²) in [6, 6.07) is 2.66. The second-order valence-electron chi connectivity index (χ2n) is 3.67. The van der Waals surface area contributed by atoms with E-state index in [1.54, 1.807) is 0 Å². The Bertz CT molecular complexity index is 500. The maximum atomic E-state index is 12.5. The third kappa shape index (κ3) is 4.86. The Morgan fingerprint density at radius 1 is 1.32 bits per heavy atom. The summed E-state index contributed by atoms with van der Waals surface area (Å²) >= 11 is 0. The van der Waals surface area contributed by atoms with Crippen molar-refractivity contribution in [3.8, 4) is 0 Å². The number of nitrogens with two attached hydrogens (primary N) is 1. The van der Waals surface area contributed by atoms with Gasteiger partial charge in [-0.2, -0.15) is 13.2 Å². The molecule has 0 bridgehead atoms. The lowest BCUT2D eigenvalue weighted by Crippen LogP contribution is -2.20. The standard InChI is InChI=1S/C11H11F3N2O3/c1-6(17)19-5-10(18)16-9-3-7(11(12,13)14)2-8(15)4-9/h2-4H,5,15H2,1H3,(H,16,18). The van der Waals surface area contributed by atoms with Crippen LogP contribution in [-0.2, 0) is 20.5 Å². The number of rotatable bonds is 3. The summed E-state index contributed by atoms with van der Waals surface area (Å²) in [6.45, 7) is 0.529. The quantitative estimate of drug-likeness (QED) is 0.651. The van der Waals surface area contributed by atoms with E-state index in [2.05, 4.69) is 10.1 Å². The third-order valence-electron chi connectivity index (χ3n) is 1.97. The lowest BCUT2D eigenvalue weighted by molar-refractivity contribution is -0.144. The van der Waals surface area contributed by atoms with Crippen LogP contribution in [-0.4, -0.2) is 18.5 Å². The molecule has 0 radical (unpaired) electrons. The molecule has 0 aliphatic rings. The molecule has 0 atom stereocenters. The van der Waals surface area contributed by atoms with E-state index in [0.29, 0.717) is 0 Å². The van der Waals surface area contributed by atoms with Gasteiger partial charge < -0.3 is 15.8 Å². The summed E-state index contributed by atoms with van der Waals surface area (Å²) in [4.78, 5) is 21.7. The number of carbonyl (C=O) groups is 2. The van der Waals surface area contributed by atoms with Crippen molar-refractivity contribution in [1.82, 2.24) is 0 Å². The van der Waals surface area contributed by atoms with Crippen molar-refractivity contribution in [3.63, 3.8) is 0 Å². The first-order chi connectivity index (χ1) is 8.68. The molecule has 0 aliphatic carbocycles. The monoisotopic (exact) mass is 276 g/mol.